The topological polar surface area (TPSA) is 75.2 Å². The Morgan fingerprint density at radius 2 is 2.14 bits per heavy atom. The summed E-state index contributed by atoms with van der Waals surface area (Å²) in [5, 5.41) is 8.99. The third-order valence-electron chi connectivity index (χ3n) is 3.46. The SMILES string of the molecule is CCc1cccc(OCc2nc3ccc(C(=O)O)cc3[nH]2)c1. The minimum Gasteiger partial charge on any atom is -0.486 e. The van der Waals surface area contributed by atoms with Crippen molar-refractivity contribution < 1.29 is 14.6 Å². The Morgan fingerprint density at radius 3 is 2.91 bits per heavy atom. The van der Waals surface area contributed by atoms with E-state index in [9.17, 15) is 4.79 Å². The number of H-pyrrole nitrogens is 1. The molecule has 112 valence electrons. The Morgan fingerprint density at radius 1 is 1.27 bits per heavy atom. The molecule has 5 heteroatoms. The van der Waals surface area contributed by atoms with E-state index >= 15 is 0 Å². The van der Waals surface area contributed by atoms with Crippen LogP contribution < -0.4 is 4.74 Å². The second-order valence-corrected chi connectivity index (χ2v) is 5.01. The van der Waals surface area contributed by atoms with E-state index in [2.05, 4.69) is 23.0 Å². The van der Waals surface area contributed by atoms with Gasteiger partial charge < -0.3 is 14.8 Å². The molecule has 5 nitrogen and oxygen atoms in total. The fraction of sp³-hybridized carbons (Fsp3) is 0.176. The van der Waals surface area contributed by atoms with Gasteiger partial charge in [0.05, 0.1) is 16.6 Å². The number of imidazole rings is 1. The summed E-state index contributed by atoms with van der Waals surface area (Å²) in [5.74, 6) is 0.510. The second-order valence-electron chi connectivity index (χ2n) is 5.01. The van der Waals surface area contributed by atoms with E-state index in [0.717, 1.165) is 17.7 Å². The van der Waals surface area contributed by atoms with Gasteiger partial charge >= 0.3 is 5.97 Å². The Kier molecular flexibility index (Phi) is 3.78. The van der Waals surface area contributed by atoms with Gasteiger partial charge in [-0.2, -0.15) is 0 Å². The molecule has 0 atom stereocenters. The van der Waals surface area contributed by atoms with Gasteiger partial charge in [0.15, 0.2) is 0 Å². The number of nitrogens with zero attached hydrogens (tertiary/aromatic N) is 1. The van der Waals surface area contributed by atoms with E-state index in [1.165, 1.54) is 5.56 Å². The van der Waals surface area contributed by atoms with E-state index in [1.807, 2.05) is 18.2 Å². The van der Waals surface area contributed by atoms with Crippen LogP contribution in [-0.4, -0.2) is 21.0 Å². The van der Waals surface area contributed by atoms with Gasteiger partial charge in [0, 0.05) is 0 Å². The van der Waals surface area contributed by atoms with Gasteiger partial charge in [-0.25, -0.2) is 9.78 Å². The van der Waals surface area contributed by atoms with Crippen molar-refractivity contribution in [3.63, 3.8) is 0 Å². The van der Waals surface area contributed by atoms with Crippen LogP contribution in [0.15, 0.2) is 42.5 Å². The van der Waals surface area contributed by atoms with Gasteiger partial charge in [-0.05, 0) is 42.3 Å². The fourth-order valence-corrected chi connectivity index (χ4v) is 2.27. The lowest BCUT2D eigenvalue weighted by Gasteiger charge is -2.05. The number of fused-ring (bicyclic) bond motifs is 1. The molecule has 0 bridgehead atoms. The van der Waals surface area contributed by atoms with Crippen molar-refractivity contribution in [3.05, 3.63) is 59.4 Å². The molecule has 0 amide bonds. The van der Waals surface area contributed by atoms with Gasteiger partial charge in [-0.15, -0.1) is 0 Å². The maximum atomic E-state index is 11.0. The molecule has 3 aromatic rings. The number of nitrogens with one attached hydrogen (secondary N) is 1. The summed E-state index contributed by atoms with van der Waals surface area (Å²) in [5.41, 5.74) is 2.87. The number of hydrogen-bond donors (Lipinski definition) is 2. The van der Waals surface area contributed by atoms with Crippen molar-refractivity contribution in [2.75, 3.05) is 0 Å². The van der Waals surface area contributed by atoms with Gasteiger partial charge in [-0.3, -0.25) is 0 Å². The number of benzene rings is 2. The van der Waals surface area contributed by atoms with Crippen molar-refractivity contribution in [1.29, 1.82) is 0 Å². The quantitative estimate of drug-likeness (QED) is 0.756. The van der Waals surface area contributed by atoms with E-state index in [-0.39, 0.29) is 5.56 Å². The number of hydrogen-bond acceptors (Lipinski definition) is 3. The molecular weight excluding hydrogens is 280 g/mol. The number of aromatic nitrogens is 2. The predicted octanol–water partition coefficient (Wildman–Crippen LogP) is 3.40. The fourth-order valence-electron chi connectivity index (χ4n) is 2.27. The van der Waals surface area contributed by atoms with Crippen LogP contribution in [0.25, 0.3) is 11.0 Å². The third kappa shape index (κ3) is 2.93. The highest BCUT2D eigenvalue weighted by molar-refractivity contribution is 5.92. The van der Waals surface area contributed by atoms with E-state index in [1.54, 1.807) is 18.2 Å². The first-order valence-electron chi connectivity index (χ1n) is 7.09. The van der Waals surface area contributed by atoms with Gasteiger partial charge in [-0.1, -0.05) is 19.1 Å². The highest BCUT2D eigenvalue weighted by atomic mass is 16.5. The molecule has 0 saturated carbocycles. The van der Waals surface area contributed by atoms with Crippen molar-refractivity contribution in [2.24, 2.45) is 0 Å². The molecule has 0 fully saturated rings. The summed E-state index contributed by atoms with van der Waals surface area (Å²) in [6.07, 6.45) is 0.958. The Bertz CT molecular complexity index is 824. The van der Waals surface area contributed by atoms with Crippen LogP contribution >= 0.6 is 0 Å². The molecule has 0 unspecified atom stereocenters. The van der Waals surface area contributed by atoms with Crippen LogP contribution in [0.2, 0.25) is 0 Å². The lowest BCUT2D eigenvalue weighted by molar-refractivity contribution is 0.0697. The van der Waals surface area contributed by atoms with Crippen molar-refractivity contribution in [2.45, 2.75) is 20.0 Å². The molecule has 2 N–H and O–H groups in total. The number of aryl methyl sites for hydroxylation is 1. The Balaban J connectivity index is 1.77. The Hall–Kier alpha value is -2.82. The number of aromatic amines is 1. The largest absolute Gasteiger partial charge is 0.486 e. The van der Waals surface area contributed by atoms with E-state index in [4.69, 9.17) is 9.84 Å². The molecule has 22 heavy (non-hydrogen) atoms. The van der Waals surface area contributed by atoms with Crippen molar-refractivity contribution in [1.82, 2.24) is 9.97 Å². The molecule has 0 spiro atoms. The molecule has 1 aromatic heterocycles. The lowest BCUT2D eigenvalue weighted by Crippen LogP contribution is -1.97. The number of carboxylic acid groups (broad SMARTS) is 1. The van der Waals surface area contributed by atoms with Gasteiger partial charge in [0.25, 0.3) is 0 Å². The van der Waals surface area contributed by atoms with Crippen LogP contribution in [-0.2, 0) is 13.0 Å². The summed E-state index contributed by atoms with van der Waals surface area (Å²) in [6, 6.07) is 12.7. The monoisotopic (exact) mass is 296 g/mol. The van der Waals surface area contributed by atoms with Gasteiger partial charge in [0.1, 0.15) is 18.2 Å². The van der Waals surface area contributed by atoms with Crippen LogP contribution in [0.1, 0.15) is 28.7 Å². The van der Waals surface area contributed by atoms with Crippen LogP contribution in [0.5, 0.6) is 5.75 Å². The Labute approximate surface area is 127 Å². The molecule has 0 aliphatic heterocycles. The summed E-state index contributed by atoms with van der Waals surface area (Å²) in [7, 11) is 0. The summed E-state index contributed by atoms with van der Waals surface area (Å²) >= 11 is 0. The third-order valence-corrected chi connectivity index (χ3v) is 3.46. The van der Waals surface area contributed by atoms with Crippen molar-refractivity contribution >= 4 is 17.0 Å². The minimum absolute atomic E-state index is 0.235. The van der Waals surface area contributed by atoms with Crippen LogP contribution in [0, 0.1) is 0 Å². The number of aromatic carboxylic acids is 1. The molecule has 2 aromatic carbocycles. The average molecular weight is 296 g/mol. The zero-order valence-corrected chi connectivity index (χ0v) is 12.2. The summed E-state index contributed by atoms with van der Waals surface area (Å²) in [6.45, 7) is 2.41. The number of ether oxygens (including phenoxy) is 1. The molecule has 0 aliphatic carbocycles. The number of rotatable bonds is 5. The van der Waals surface area contributed by atoms with Crippen LogP contribution in [0.4, 0.5) is 0 Å². The highest BCUT2D eigenvalue weighted by Gasteiger charge is 2.08. The smallest absolute Gasteiger partial charge is 0.335 e. The maximum absolute atomic E-state index is 11.0. The minimum atomic E-state index is -0.953. The molecule has 0 radical (unpaired) electrons. The zero-order valence-electron chi connectivity index (χ0n) is 12.2. The highest BCUT2D eigenvalue weighted by Crippen LogP contribution is 2.17. The molecule has 1 heterocycles. The molecular formula is C17H16N2O3. The number of carbonyl (C=O) groups is 1. The summed E-state index contributed by atoms with van der Waals surface area (Å²) < 4.78 is 5.73. The second kappa shape index (κ2) is 5.89. The van der Waals surface area contributed by atoms with E-state index < -0.39 is 5.97 Å². The lowest BCUT2D eigenvalue weighted by atomic mass is 10.2. The normalized spacial score (nSPS) is 10.8. The number of carboxylic acids is 1. The van der Waals surface area contributed by atoms with Crippen LogP contribution in [0.3, 0.4) is 0 Å². The first-order valence-corrected chi connectivity index (χ1v) is 7.09. The average Bonchev–Trinajstić information content (AvgIpc) is 2.95. The standard InChI is InChI=1S/C17H16N2O3/c1-2-11-4-3-5-13(8-11)22-10-16-18-14-7-6-12(17(20)21)9-15(14)19-16/h3-9H,2,10H2,1H3,(H,18,19)(H,20,21). The predicted molar refractivity (Wildman–Crippen MR) is 83.2 cm³/mol. The first-order chi connectivity index (χ1) is 10.7. The van der Waals surface area contributed by atoms with Gasteiger partial charge in [0.2, 0.25) is 0 Å². The first kappa shape index (κ1) is 14.1. The molecule has 0 saturated heterocycles. The van der Waals surface area contributed by atoms with E-state index in [0.29, 0.717) is 17.9 Å². The maximum Gasteiger partial charge on any atom is 0.335 e. The van der Waals surface area contributed by atoms with Crippen molar-refractivity contribution in [3.8, 4) is 5.75 Å². The molecule has 0 aliphatic rings. The molecule has 3 rings (SSSR count). The summed E-state index contributed by atoms with van der Waals surface area (Å²) in [4.78, 5) is 18.5. The zero-order chi connectivity index (χ0) is 15.5.